The number of aromatic nitrogens is 2. The van der Waals surface area contributed by atoms with Crippen molar-refractivity contribution in [3.63, 3.8) is 0 Å². The van der Waals surface area contributed by atoms with Gasteiger partial charge >= 0.3 is 6.18 Å². The second-order valence-electron chi connectivity index (χ2n) is 3.95. The van der Waals surface area contributed by atoms with E-state index in [1.807, 2.05) is 13.8 Å². The number of alkyl halides is 3. The van der Waals surface area contributed by atoms with Crippen LogP contribution >= 0.6 is 0 Å². The average Bonchev–Trinajstić information content (AvgIpc) is 2.35. The fourth-order valence-corrected chi connectivity index (χ4v) is 1.32. The van der Waals surface area contributed by atoms with Crippen LogP contribution in [0.25, 0.3) is 0 Å². The molecule has 0 saturated heterocycles. The number of rotatable bonds is 4. The highest BCUT2D eigenvalue weighted by molar-refractivity contribution is 5.49. The number of anilines is 2. The number of nitrogens with one attached hydrogen (secondary N) is 1. The Labute approximate surface area is 103 Å². The van der Waals surface area contributed by atoms with E-state index in [-0.39, 0.29) is 17.7 Å². The fourth-order valence-electron chi connectivity index (χ4n) is 1.32. The van der Waals surface area contributed by atoms with E-state index in [2.05, 4.69) is 15.4 Å². The maximum Gasteiger partial charge on any atom is 0.451 e. The third-order valence-corrected chi connectivity index (χ3v) is 2.73. The molecular formula is C10H16F3N5. The van der Waals surface area contributed by atoms with Crippen molar-refractivity contribution in [2.45, 2.75) is 32.5 Å². The van der Waals surface area contributed by atoms with Crippen LogP contribution in [0.5, 0.6) is 0 Å². The minimum absolute atomic E-state index is 0.0617. The molecule has 3 N–H and O–H groups in total. The van der Waals surface area contributed by atoms with Gasteiger partial charge < -0.3 is 10.3 Å². The van der Waals surface area contributed by atoms with Gasteiger partial charge in [0.15, 0.2) is 0 Å². The number of halogens is 3. The Kier molecular flexibility index (Phi) is 4.33. The molecule has 0 aliphatic rings. The highest BCUT2D eigenvalue weighted by Crippen LogP contribution is 2.29. The van der Waals surface area contributed by atoms with Gasteiger partial charge in [-0.25, -0.2) is 15.8 Å². The van der Waals surface area contributed by atoms with Gasteiger partial charge in [-0.05, 0) is 13.3 Å². The SMILES string of the molecule is CCC(C)N(C)c1cc(NN)nc(C(F)(F)F)n1. The number of hydrogen-bond donors (Lipinski definition) is 2. The second kappa shape index (κ2) is 5.38. The van der Waals surface area contributed by atoms with Crippen LogP contribution in [-0.2, 0) is 6.18 Å². The molecule has 0 aliphatic carbocycles. The summed E-state index contributed by atoms with van der Waals surface area (Å²) in [5.41, 5.74) is 2.11. The van der Waals surface area contributed by atoms with E-state index in [0.29, 0.717) is 0 Å². The maximum absolute atomic E-state index is 12.6. The van der Waals surface area contributed by atoms with Crippen LogP contribution in [0, 0.1) is 0 Å². The third kappa shape index (κ3) is 3.22. The summed E-state index contributed by atoms with van der Waals surface area (Å²) in [6.45, 7) is 3.83. The Hall–Kier alpha value is -1.57. The van der Waals surface area contributed by atoms with E-state index in [1.54, 1.807) is 11.9 Å². The van der Waals surface area contributed by atoms with Crippen molar-refractivity contribution in [1.29, 1.82) is 0 Å². The first-order valence-electron chi connectivity index (χ1n) is 5.45. The molecule has 1 rings (SSSR count). The average molecular weight is 263 g/mol. The molecule has 1 heterocycles. The molecule has 0 aliphatic heterocycles. The van der Waals surface area contributed by atoms with E-state index >= 15 is 0 Å². The van der Waals surface area contributed by atoms with Crippen molar-refractivity contribution >= 4 is 11.6 Å². The van der Waals surface area contributed by atoms with Gasteiger partial charge in [0.25, 0.3) is 0 Å². The van der Waals surface area contributed by atoms with E-state index in [0.717, 1.165) is 6.42 Å². The lowest BCUT2D eigenvalue weighted by Crippen LogP contribution is -2.30. The molecule has 1 unspecified atom stereocenters. The zero-order valence-corrected chi connectivity index (χ0v) is 10.4. The first-order valence-corrected chi connectivity index (χ1v) is 5.45. The van der Waals surface area contributed by atoms with E-state index in [9.17, 15) is 13.2 Å². The van der Waals surface area contributed by atoms with Gasteiger partial charge in [0.1, 0.15) is 11.6 Å². The van der Waals surface area contributed by atoms with Gasteiger partial charge in [-0.15, -0.1) is 0 Å². The molecular weight excluding hydrogens is 247 g/mol. The van der Waals surface area contributed by atoms with Crippen LogP contribution in [0.4, 0.5) is 24.8 Å². The molecule has 5 nitrogen and oxygen atoms in total. The lowest BCUT2D eigenvalue weighted by Gasteiger charge is -2.25. The summed E-state index contributed by atoms with van der Waals surface area (Å²) in [4.78, 5) is 8.46. The summed E-state index contributed by atoms with van der Waals surface area (Å²) >= 11 is 0. The predicted molar refractivity (Wildman–Crippen MR) is 63.0 cm³/mol. The molecule has 8 heteroatoms. The van der Waals surface area contributed by atoms with Gasteiger partial charge in [-0.1, -0.05) is 6.92 Å². The predicted octanol–water partition coefficient (Wildman–Crippen LogP) is 2.02. The normalized spacial score (nSPS) is 13.3. The maximum atomic E-state index is 12.6. The summed E-state index contributed by atoms with van der Waals surface area (Å²) in [5, 5.41) is 0. The van der Waals surface area contributed by atoms with E-state index < -0.39 is 12.0 Å². The summed E-state index contributed by atoms with van der Waals surface area (Å²) in [6.07, 6.45) is -3.81. The van der Waals surface area contributed by atoms with Gasteiger partial charge in [-0.3, -0.25) is 0 Å². The topological polar surface area (TPSA) is 67.1 Å². The summed E-state index contributed by atoms with van der Waals surface area (Å²) in [6, 6.07) is 1.44. The Morgan fingerprint density at radius 2 is 2.06 bits per heavy atom. The monoisotopic (exact) mass is 263 g/mol. The van der Waals surface area contributed by atoms with Crippen LogP contribution in [0.3, 0.4) is 0 Å². The molecule has 0 amide bonds. The van der Waals surface area contributed by atoms with Gasteiger partial charge in [0.2, 0.25) is 5.82 Å². The van der Waals surface area contributed by atoms with E-state index in [1.165, 1.54) is 6.07 Å². The molecule has 1 aromatic heterocycles. The third-order valence-electron chi connectivity index (χ3n) is 2.73. The van der Waals surface area contributed by atoms with Crippen LogP contribution in [0.15, 0.2) is 6.07 Å². The van der Waals surface area contributed by atoms with Gasteiger partial charge in [0, 0.05) is 19.2 Å². The lowest BCUT2D eigenvalue weighted by atomic mass is 10.2. The van der Waals surface area contributed by atoms with Crippen molar-refractivity contribution in [2.24, 2.45) is 5.84 Å². The molecule has 18 heavy (non-hydrogen) atoms. The molecule has 0 bridgehead atoms. The van der Waals surface area contributed by atoms with E-state index in [4.69, 9.17) is 5.84 Å². The molecule has 1 aromatic rings. The van der Waals surface area contributed by atoms with Crippen molar-refractivity contribution in [3.05, 3.63) is 11.9 Å². The Bertz CT molecular complexity index is 407. The molecule has 0 fully saturated rings. The largest absolute Gasteiger partial charge is 0.451 e. The molecule has 0 radical (unpaired) electrons. The number of hydrazine groups is 1. The van der Waals surface area contributed by atoms with Crippen molar-refractivity contribution in [3.8, 4) is 0 Å². The standard InChI is InChI=1S/C10H16F3N5/c1-4-6(2)18(3)8-5-7(17-14)15-9(16-8)10(11,12)13/h5-6H,4,14H2,1-3H3,(H,15,16,17). The minimum Gasteiger partial charge on any atom is -0.357 e. The summed E-state index contributed by atoms with van der Waals surface area (Å²) in [5.74, 6) is 4.02. The minimum atomic E-state index is -4.60. The van der Waals surface area contributed by atoms with Crippen LogP contribution < -0.4 is 16.2 Å². The van der Waals surface area contributed by atoms with Crippen LogP contribution in [0.2, 0.25) is 0 Å². The zero-order valence-electron chi connectivity index (χ0n) is 10.4. The highest BCUT2D eigenvalue weighted by atomic mass is 19.4. The molecule has 0 saturated carbocycles. The first kappa shape index (κ1) is 14.5. The first-order chi connectivity index (χ1) is 8.29. The molecule has 1 atom stereocenters. The molecule has 102 valence electrons. The Balaban J connectivity index is 3.20. The number of nitrogens with zero attached hydrogens (tertiary/aromatic N) is 3. The summed E-state index contributed by atoms with van der Waals surface area (Å²) < 4.78 is 37.9. The molecule has 0 aromatic carbocycles. The van der Waals surface area contributed by atoms with Crippen LogP contribution in [-0.4, -0.2) is 23.1 Å². The number of hydrogen-bond acceptors (Lipinski definition) is 5. The van der Waals surface area contributed by atoms with Crippen molar-refractivity contribution in [2.75, 3.05) is 17.4 Å². The van der Waals surface area contributed by atoms with Crippen molar-refractivity contribution < 1.29 is 13.2 Å². The Morgan fingerprint density at radius 3 is 2.50 bits per heavy atom. The van der Waals surface area contributed by atoms with Gasteiger partial charge in [0.05, 0.1) is 0 Å². The smallest absolute Gasteiger partial charge is 0.357 e. The lowest BCUT2D eigenvalue weighted by molar-refractivity contribution is -0.144. The summed E-state index contributed by atoms with van der Waals surface area (Å²) in [7, 11) is 1.68. The molecule has 0 spiro atoms. The van der Waals surface area contributed by atoms with Gasteiger partial charge in [-0.2, -0.15) is 13.2 Å². The Morgan fingerprint density at radius 1 is 1.44 bits per heavy atom. The quantitative estimate of drug-likeness (QED) is 0.642. The van der Waals surface area contributed by atoms with Crippen LogP contribution in [0.1, 0.15) is 26.1 Å². The second-order valence-corrected chi connectivity index (χ2v) is 3.95. The number of nitrogens with two attached hydrogens (primary N) is 1. The number of nitrogen functional groups attached to an aromatic ring is 1. The van der Waals surface area contributed by atoms with Crippen molar-refractivity contribution in [1.82, 2.24) is 9.97 Å². The fraction of sp³-hybridized carbons (Fsp3) is 0.600. The zero-order chi connectivity index (χ0) is 13.9. The highest BCUT2D eigenvalue weighted by Gasteiger charge is 2.35.